The van der Waals surface area contributed by atoms with E-state index in [0.717, 1.165) is 22.5 Å². The van der Waals surface area contributed by atoms with Gasteiger partial charge in [0.25, 0.3) is 0 Å². The zero-order valence-electron chi connectivity index (χ0n) is 10.3. The van der Waals surface area contributed by atoms with Crippen LogP contribution < -0.4 is 0 Å². The number of hydrogen-bond donors (Lipinski definition) is 0. The highest BCUT2D eigenvalue weighted by atomic mass is 32.3. The fourth-order valence-electron chi connectivity index (χ4n) is 1.35. The van der Waals surface area contributed by atoms with Crippen LogP contribution in [0.3, 0.4) is 0 Å². The van der Waals surface area contributed by atoms with Gasteiger partial charge in [0.05, 0.1) is 4.90 Å². The average molecular weight is 278 g/mol. The third kappa shape index (κ3) is 3.70. The predicted molar refractivity (Wildman–Crippen MR) is 75.7 cm³/mol. The van der Waals surface area contributed by atoms with Crippen molar-refractivity contribution in [3.63, 3.8) is 0 Å². The van der Waals surface area contributed by atoms with Crippen molar-refractivity contribution in [1.29, 1.82) is 0 Å². The van der Waals surface area contributed by atoms with Gasteiger partial charge in [-0.1, -0.05) is 35.4 Å². The molecule has 1 atom stereocenters. The Bertz CT molecular complexity index is 533. The molecule has 0 aliphatic carbocycles. The summed E-state index contributed by atoms with van der Waals surface area (Å²) in [6.07, 6.45) is 0. The molecule has 0 saturated carbocycles. The summed E-state index contributed by atoms with van der Waals surface area (Å²) in [4.78, 5) is 1.63. The van der Waals surface area contributed by atoms with Gasteiger partial charge in [-0.25, -0.2) is 7.84 Å². The SMILES string of the molecule is Cc1ccc(SOS(=O)c2ccc(C)cc2)cc1. The smallest absolute Gasteiger partial charge is 0.201 e. The van der Waals surface area contributed by atoms with Gasteiger partial charge in [-0.15, -0.1) is 0 Å². The standard InChI is InChI=1S/C14H14O2S2/c1-11-3-7-13(8-4-11)17-16-18(15)14-9-5-12(2)6-10-14/h3-10H,1-2H3. The second-order valence-corrected chi connectivity index (χ2v) is 6.14. The molecule has 2 aromatic carbocycles. The summed E-state index contributed by atoms with van der Waals surface area (Å²) < 4.78 is 17.1. The minimum atomic E-state index is -1.43. The first-order valence-electron chi connectivity index (χ1n) is 5.55. The van der Waals surface area contributed by atoms with Crippen LogP contribution in [0.15, 0.2) is 58.3 Å². The first-order valence-corrected chi connectivity index (χ1v) is 7.37. The van der Waals surface area contributed by atoms with Gasteiger partial charge in [-0.05, 0) is 38.1 Å². The van der Waals surface area contributed by atoms with Crippen molar-refractivity contribution in [3.05, 3.63) is 59.7 Å². The van der Waals surface area contributed by atoms with Gasteiger partial charge < -0.3 is 0 Å². The van der Waals surface area contributed by atoms with Crippen molar-refractivity contribution in [1.82, 2.24) is 0 Å². The van der Waals surface area contributed by atoms with Gasteiger partial charge in [0.2, 0.25) is 11.1 Å². The Morgan fingerprint density at radius 2 is 1.39 bits per heavy atom. The molecule has 4 heteroatoms. The molecule has 94 valence electrons. The molecule has 0 radical (unpaired) electrons. The molecule has 0 aliphatic heterocycles. The fraction of sp³-hybridized carbons (Fsp3) is 0.143. The molecule has 2 nitrogen and oxygen atoms in total. The van der Waals surface area contributed by atoms with Crippen LogP contribution in [-0.2, 0) is 14.7 Å². The zero-order valence-corrected chi connectivity index (χ0v) is 11.9. The largest absolute Gasteiger partial charge is 0.223 e. The fourth-order valence-corrected chi connectivity index (χ4v) is 2.83. The summed E-state index contributed by atoms with van der Waals surface area (Å²) >= 11 is -0.298. The maximum atomic E-state index is 11.9. The molecule has 0 amide bonds. The molecule has 0 spiro atoms. The predicted octanol–water partition coefficient (Wildman–Crippen LogP) is 4.05. The Labute approximate surface area is 114 Å². The Hall–Kier alpha value is -1.10. The van der Waals surface area contributed by atoms with Gasteiger partial charge in [-0.2, -0.15) is 0 Å². The molecule has 0 saturated heterocycles. The third-order valence-corrected chi connectivity index (χ3v) is 4.31. The molecule has 1 unspecified atom stereocenters. The number of benzene rings is 2. The van der Waals surface area contributed by atoms with E-state index in [2.05, 4.69) is 0 Å². The zero-order chi connectivity index (χ0) is 13.0. The Kier molecular flexibility index (Phi) is 4.58. The van der Waals surface area contributed by atoms with Crippen LogP contribution in [0, 0.1) is 13.8 Å². The molecule has 2 aromatic rings. The lowest BCUT2D eigenvalue weighted by atomic mass is 10.2. The maximum absolute atomic E-state index is 11.9. The molecule has 0 N–H and O–H groups in total. The number of rotatable bonds is 4. The highest BCUT2D eigenvalue weighted by Crippen LogP contribution is 2.23. The number of hydrogen-bond acceptors (Lipinski definition) is 3. The van der Waals surface area contributed by atoms with Gasteiger partial charge >= 0.3 is 0 Å². The van der Waals surface area contributed by atoms with Crippen molar-refractivity contribution in [3.8, 4) is 0 Å². The summed E-state index contributed by atoms with van der Waals surface area (Å²) in [6.45, 7) is 4.02. The first-order chi connectivity index (χ1) is 8.65. The highest BCUT2D eigenvalue weighted by molar-refractivity contribution is 8.02. The highest BCUT2D eigenvalue weighted by Gasteiger charge is 2.05. The Morgan fingerprint density at radius 1 is 0.889 bits per heavy atom. The maximum Gasteiger partial charge on any atom is 0.201 e. The van der Waals surface area contributed by atoms with Gasteiger partial charge in [-0.3, -0.25) is 0 Å². The van der Waals surface area contributed by atoms with E-state index in [1.165, 1.54) is 5.56 Å². The molecular weight excluding hydrogens is 264 g/mol. The minimum Gasteiger partial charge on any atom is -0.223 e. The summed E-state index contributed by atoms with van der Waals surface area (Å²) in [5, 5.41) is 0. The molecule has 18 heavy (non-hydrogen) atoms. The molecular formula is C14H14O2S2. The molecule has 0 aromatic heterocycles. The Morgan fingerprint density at radius 3 is 1.94 bits per heavy atom. The van der Waals surface area contributed by atoms with Crippen LogP contribution in [0.4, 0.5) is 0 Å². The van der Waals surface area contributed by atoms with Crippen LogP contribution >= 0.6 is 12.0 Å². The lowest BCUT2D eigenvalue weighted by Gasteiger charge is -2.03. The molecule has 0 heterocycles. The van der Waals surface area contributed by atoms with Crippen molar-refractivity contribution in [2.45, 2.75) is 23.6 Å². The van der Waals surface area contributed by atoms with E-state index in [4.69, 9.17) is 3.63 Å². The second kappa shape index (κ2) is 6.18. The lowest BCUT2D eigenvalue weighted by molar-refractivity contribution is 0.609. The number of aryl methyl sites for hydroxylation is 2. The summed E-state index contributed by atoms with van der Waals surface area (Å²) in [7, 11) is 0. The minimum absolute atomic E-state index is 0.681. The van der Waals surface area contributed by atoms with Crippen molar-refractivity contribution in [2.75, 3.05) is 0 Å². The van der Waals surface area contributed by atoms with E-state index in [9.17, 15) is 4.21 Å². The van der Waals surface area contributed by atoms with Crippen LogP contribution in [0.5, 0.6) is 0 Å². The van der Waals surface area contributed by atoms with E-state index >= 15 is 0 Å². The van der Waals surface area contributed by atoms with Crippen molar-refractivity contribution >= 4 is 23.1 Å². The topological polar surface area (TPSA) is 26.3 Å². The van der Waals surface area contributed by atoms with Crippen LogP contribution in [0.1, 0.15) is 11.1 Å². The lowest BCUT2D eigenvalue weighted by Crippen LogP contribution is -1.91. The van der Waals surface area contributed by atoms with Crippen LogP contribution in [-0.4, -0.2) is 4.21 Å². The van der Waals surface area contributed by atoms with E-state index < -0.39 is 11.1 Å². The van der Waals surface area contributed by atoms with E-state index in [1.807, 2.05) is 62.4 Å². The summed E-state index contributed by atoms with van der Waals surface area (Å²) in [6, 6.07) is 15.4. The van der Waals surface area contributed by atoms with Gasteiger partial charge in [0.15, 0.2) is 0 Å². The quantitative estimate of drug-likeness (QED) is 0.789. The molecule has 0 bridgehead atoms. The van der Waals surface area contributed by atoms with E-state index in [1.54, 1.807) is 0 Å². The van der Waals surface area contributed by atoms with Gasteiger partial charge in [0, 0.05) is 16.9 Å². The molecule has 2 rings (SSSR count). The normalized spacial score (nSPS) is 12.3. The van der Waals surface area contributed by atoms with Gasteiger partial charge in [0.1, 0.15) is 0 Å². The second-order valence-electron chi connectivity index (χ2n) is 4.01. The van der Waals surface area contributed by atoms with Crippen molar-refractivity contribution < 1.29 is 7.84 Å². The first kappa shape index (κ1) is 13.3. The average Bonchev–Trinajstić information content (AvgIpc) is 2.38. The molecule has 0 fully saturated rings. The summed E-state index contributed by atoms with van der Waals surface area (Å²) in [5.41, 5.74) is 2.33. The summed E-state index contributed by atoms with van der Waals surface area (Å²) in [5.74, 6) is 0. The third-order valence-electron chi connectivity index (χ3n) is 2.43. The molecule has 0 aliphatic rings. The van der Waals surface area contributed by atoms with Crippen LogP contribution in [0.25, 0.3) is 0 Å². The Balaban J connectivity index is 1.96. The van der Waals surface area contributed by atoms with E-state index in [0.29, 0.717) is 4.90 Å². The monoisotopic (exact) mass is 278 g/mol. The van der Waals surface area contributed by atoms with Crippen molar-refractivity contribution in [2.24, 2.45) is 0 Å². The van der Waals surface area contributed by atoms with Crippen LogP contribution in [0.2, 0.25) is 0 Å². The van der Waals surface area contributed by atoms with E-state index in [-0.39, 0.29) is 0 Å².